The van der Waals surface area contributed by atoms with Crippen molar-refractivity contribution in [2.45, 2.75) is 13.3 Å². The second-order valence-corrected chi connectivity index (χ2v) is 4.05. The summed E-state index contributed by atoms with van der Waals surface area (Å²) in [5.41, 5.74) is 3.61. The van der Waals surface area contributed by atoms with Crippen molar-refractivity contribution in [1.29, 1.82) is 0 Å². The van der Waals surface area contributed by atoms with Gasteiger partial charge in [0.1, 0.15) is 0 Å². The van der Waals surface area contributed by atoms with Crippen LogP contribution in [0, 0.1) is 6.92 Å². The summed E-state index contributed by atoms with van der Waals surface area (Å²) in [4.78, 5) is 11.0. The maximum atomic E-state index is 11.0. The molecule has 1 aliphatic heterocycles. The van der Waals surface area contributed by atoms with Crippen LogP contribution >= 0.6 is 11.8 Å². The molecule has 0 amide bonds. The Labute approximate surface area is 81.8 Å². The Balaban J connectivity index is 2.37. The van der Waals surface area contributed by atoms with E-state index < -0.39 is 0 Å². The zero-order valence-corrected chi connectivity index (χ0v) is 8.23. The molecule has 66 valence electrons. The number of hydrogen-bond acceptors (Lipinski definition) is 2. The van der Waals surface area contributed by atoms with Crippen LogP contribution in [-0.2, 0) is 4.79 Å². The van der Waals surface area contributed by atoms with Crippen LogP contribution in [0.15, 0.2) is 29.7 Å². The molecule has 13 heavy (non-hydrogen) atoms. The molecule has 0 aliphatic carbocycles. The van der Waals surface area contributed by atoms with Gasteiger partial charge in [-0.1, -0.05) is 36.0 Å². The Morgan fingerprint density at radius 1 is 1.31 bits per heavy atom. The zero-order chi connectivity index (χ0) is 9.26. The van der Waals surface area contributed by atoms with Crippen LogP contribution < -0.4 is 0 Å². The fraction of sp³-hybridized carbons (Fsp3) is 0.182. The normalized spacial score (nSPS) is 16.1. The second kappa shape index (κ2) is 3.38. The largest absolute Gasteiger partial charge is 0.286 e. The van der Waals surface area contributed by atoms with E-state index in [0.717, 1.165) is 5.57 Å². The third kappa shape index (κ3) is 1.68. The smallest absolute Gasteiger partial charge is 0.197 e. The molecule has 0 N–H and O–H groups in total. The third-order valence-electron chi connectivity index (χ3n) is 2.16. The molecule has 1 aliphatic rings. The van der Waals surface area contributed by atoms with E-state index in [0.29, 0.717) is 6.42 Å². The Kier molecular flexibility index (Phi) is 2.23. The molecule has 0 radical (unpaired) electrons. The highest BCUT2D eigenvalue weighted by atomic mass is 32.2. The molecule has 1 aromatic carbocycles. The molecule has 2 heteroatoms. The summed E-state index contributed by atoms with van der Waals surface area (Å²) in [5, 5.41) is 2.21. The predicted octanol–water partition coefficient (Wildman–Crippen LogP) is 3.00. The van der Waals surface area contributed by atoms with Crippen LogP contribution in [0.5, 0.6) is 0 Å². The lowest BCUT2D eigenvalue weighted by Gasteiger charge is -2.04. The van der Waals surface area contributed by atoms with E-state index >= 15 is 0 Å². The average Bonchev–Trinajstić information content (AvgIpc) is 2.53. The first-order chi connectivity index (χ1) is 6.27. The van der Waals surface area contributed by atoms with Crippen LogP contribution in [0.1, 0.15) is 17.5 Å². The Bertz CT molecular complexity index is 379. The minimum atomic E-state index is 0.248. The van der Waals surface area contributed by atoms with E-state index in [2.05, 4.69) is 19.1 Å². The second-order valence-electron chi connectivity index (χ2n) is 3.12. The third-order valence-corrected chi connectivity index (χ3v) is 2.97. The highest BCUT2D eigenvalue weighted by molar-refractivity contribution is 8.16. The lowest BCUT2D eigenvalue weighted by Crippen LogP contribution is -1.88. The van der Waals surface area contributed by atoms with Crippen molar-refractivity contribution in [3.8, 4) is 0 Å². The van der Waals surface area contributed by atoms with E-state index in [1.165, 1.54) is 22.9 Å². The number of thioether (sulfide) groups is 1. The molecule has 0 atom stereocenters. The molecule has 0 saturated carbocycles. The van der Waals surface area contributed by atoms with Gasteiger partial charge in [-0.05, 0) is 29.0 Å². The molecule has 0 aromatic heterocycles. The van der Waals surface area contributed by atoms with Gasteiger partial charge in [-0.3, -0.25) is 4.79 Å². The summed E-state index contributed by atoms with van der Waals surface area (Å²) < 4.78 is 0. The predicted molar refractivity (Wildman–Crippen MR) is 56.4 cm³/mol. The fourth-order valence-electron chi connectivity index (χ4n) is 1.47. The Morgan fingerprint density at radius 2 is 2.08 bits per heavy atom. The van der Waals surface area contributed by atoms with Gasteiger partial charge < -0.3 is 0 Å². The van der Waals surface area contributed by atoms with Gasteiger partial charge in [-0.2, -0.15) is 0 Å². The van der Waals surface area contributed by atoms with Gasteiger partial charge >= 0.3 is 0 Å². The lowest BCUT2D eigenvalue weighted by atomic mass is 10.0. The molecular formula is C11H10OS. The fourth-order valence-corrected chi connectivity index (χ4v) is 2.19. The molecule has 0 spiro atoms. The van der Waals surface area contributed by atoms with Crippen LogP contribution in [0.3, 0.4) is 0 Å². The van der Waals surface area contributed by atoms with Crippen LogP contribution in [-0.4, -0.2) is 5.12 Å². The molecule has 0 fully saturated rings. The standard InChI is InChI=1S/C11H10OS/c1-8-4-2-3-5-10(8)9-6-11(12)13-7-9/h2-5,7H,6H2,1H3. The number of benzene rings is 1. The quantitative estimate of drug-likeness (QED) is 0.677. The van der Waals surface area contributed by atoms with Crippen molar-refractivity contribution >= 4 is 22.5 Å². The van der Waals surface area contributed by atoms with Crippen molar-refractivity contribution < 1.29 is 4.79 Å². The molecule has 2 rings (SSSR count). The number of carbonyl (C=O) groups excluding carboxylic acids is 1. The number of aryl methyl sites for hydroxylation is 1. The van der Waals surface area contributed by atoms with E-state index in [1.807, 2.05) is 17.5 Å². The van der Waals surface area contributed by atoms with Crippen molar-refractivity contribution in [1.82, 2.24) is 0 Å². The molecule has 0 bridgehead atoms. The van der Waals surface area contributed by atoms with Crippen LogP contribution in [0.4, 0.5) is 0 Å². The van der Waals surface area contributed by atoms with Gasteiger partial charge in [0.15, 0.2) is 5.12 Å². The van der Waals surface area contributed by atoms with Gasteiger partial charge in [-0.15, -0.1) is 0 Å². The maximum absolute atomic E-state index is 11.0. The SMILES string of the molecule is Cc1ccccc1C1=CSC(=O)C1. The Morgan fingerprint density at radius 3 is 2.69 bits per heavy atom. The number of carbonyl (C=O) groups is 1. The molecule has 0 unspecified atom stereocenters. The first-order valence-electron chi connectivity index (χ1n) is 4.22. The zero-order valence-electron chi connectivity index (χ0n) is 7.41. The van der Waals surface area contributed by atoms with E-state index in [9.17, 15) is 4.79 Å². The van der Waals surface area contributed by atoms with Crippen molar-refractivity contribution in [3.63, 3.8) is 0 Å². The van der Waals surface area contributed by atoms with E-state index in [1.54, 1.807) is 0 Å². The summed E-state index contributed by atoms with van der Waals surface area (Å²) >= 11 is 1.31. The molecular weight excluding hydrogens is 180 g/mol. The van der Waals surface area contributed by atoms with Crippen molar-refractivity contribution in [2.75, 3.05) is 0 Å². The Hall–Kier alpha value is -1.02. The summed E-state index contributed by atoms with van der Waals surface area (Å²) in [6.45, 7) is 2.07. The highest BCUT2D eigenvalue weighted by Gasteiger charge is 2.15. The maximum Gasteiger partial charge on any atom is 0.197 e. The highest BCUT2D eigenvalue weighted by Crippen LogP contribution is 2.32. The van der Waals surface area contributed by atoms with Crippen LogP contribution in [0.2, 0.25) is 0 Å². The summed E-state index contributed by atoms with van der Waals surface area (Å²) in [6.07, 6.45) is 0.579. The first-order valence-corrected chi connectivity index (χ1v) is 5.10. The summed E-state index contributed by atoms with van der Waals surface area (Å²) in [5.74, 6) is 0. The molecule has 1 nitrogen and oxygen atoms in total. The average molecular weight is 190 g/mol. The van der Waals surface area contributed by atoms with Gasteiger partial charge in [0.25, 0.3) is 0 Å². The lowest BCUT2D eigenvalue weighted by molar-refractivity contribution is -0.109. The topological polar surface area (TPSA) is 17.1 Å². The van der Waals surface area contributed by atoms with E-state index in [4.69, 9.17) is 0 Å². The molecule has 1 aromatic rings. The van der Waals surface area contributed by atoms with Crippen LogP contribution in [0.25, 0.3) is 5.57 Å². The van der Waals surface area contributed by atoms with Gasteiger partial charge in [-0.25, -0.2) is 0 Å². The van der Waals surface area contributed by atoms with E-state index in [-0.39, 0.29) is 5.12 Å². The first kappa shape index (κ1) is 8.57. The minimum Gasteiger partial charge on any atom is -0.286 e. The number of allylic oxidation sites excluding steroid dienone is 1. The number of hydrogen-bond donors (Lipinski definition) is 0. The van der Waals surface area contributed by atoms with Gasteiger partial charge in [0, 0.05) is 6.42 Å². The molecule has 0 saturated heterocycles. The minimum absolute atomic E-state index is 0.248. The summed E-state index contributed by atoms with van der Waals surface area (Å²) in [7, 11) is 0. The monoisotopic (exact) mass is 190 g/mol. The summed E-state index contributed by atoms with van der Waals surface area (Å²) in [6, 6.07) is 8.17. The van der Waals surface area contributed by atoms with Crippen molar-refractivity contribution in [2.24, 2.45) is 0 Å². The molecule has 1 heterocycles. The number of rotatable bonds is 1. The van der Waals surface area contributed by atoms with Gasteiger partial charge in [0.05, 0.1) is 0 Å². The van der Waals surface area contributed by atoms with Gasteiger partial charge in [0.2, 0.25) is 0 Å². The van der Waals surface area contributed by atoms with Crippen molar-refractivity contribution in [3.05, 3.63) is 40.8 Å².